The van der Waals surface area contributed by atoms with Gasteiger partial charge in [-0.15, -0.1) is 0 Å². The monoisotopic (exact) mass is 197 g/mol. The lowest BCUT2D eigenvalue weighted by atomic mass is 9.74. The second-order valence-corrected chi connectivity index (χ2v) is 3.59. The maximum Gasteiger partial charge on any atom is 0.214 e. The molecule has 13 heavy (non-hydrogen) atoms. The fourth-order valence-electron chi connectivity index (χ4n) is 1.52. The third-order valence-electron chi connectivity index (χ3n) is 2.25. The fraction of sp³-hybridized carbons (Fsp3) is 0.875. The smallest absolute Gasteiger partial charge is 0.214 e. The van der Waals surface area contributed by atoms with E-state index in [0.29, 0.717) is 12.8 Å². The molecule has 1 aliphatic rings. The molecule has 0 N–H and O–H groups in total. The summed E-state index contributed by atoms with van der Waals surface area (Å²) in [6.07, 6.45) is 4.72. The first-order valence-corrected chi connectivity index (χ1v) is 5.22. The maximum absolute atomic E-state index is 11.5. The van der Waals surface area contributed by atoms with E-state index in [4.69, 9.17) is 0 Å². The Hall–Kier alpha value is -0.365. The minimum atomic E-state index is 0.245. The molecule has 0 aromatic carbocycles. The predicted molar refractivity (Wildman–Crippen MR) is 56.6 cm³/mol. The van der Waals surface area contributed by atoms with Crippen molar-refractivity contribution in [2.45, 2.75) is 25.6 Å². The summed E-state index contributed by atoms with van der Waals surface area (Å²) in [5.41, 5.74) is 0. The van der Waals surface area contributed by atoms with Gasteiger partial charge in [0, 0.05) is 19.5 Å². The summed E-state index contributed by atoms with van der Waals surface area (Å²) in [6.45, 7) is 1.88. The average Bonchev–Trinajstić information content (AvgIpc) is 2.19. The van der Waals surface area contributed by atoms with Crippen molar-refractivity contribution >= 4 is 22.2 Å². The highest BCUT2D eigenvalue weighted by atomic mass is 31.0. The van der Waals surface area contributed by atoms with Crippen LogP contribution in [-0.2, 0) is 4.79 Å². The van der Waals surface area contributed by atoms with Gasteiger partial charge in [0.05, 0.1) is 0 Å². The van der Waals surface area contributed by atoms with Crippen molar-refractivity contribution in [1.29, 1.82) is 0 Å². The highest BCUT2D eigenvalue weighted by Gasteiger charge is 2.15. The quantitative estimate of drug-likeness (QED) is 0.381. The van der Waals surface area contributed by atoms with E-state index < -0.39 is 0 Å². The van der Waals surface area contributed by atoms with Gasteiger partial charge in [0.1, 0.15) is 0 Å². The normalized spacial score (nSPS) is 16.8. The molecule has 0 aromatic rings. The molecular weight excluding hydrogens is 182 g/mol. The van der Waals surface area contributed by atoms with Gasteiger partial charge >= 0.3 is 0 Å². The van der Waals surface area contributed by atoms with Crippen LogP contribution in [0.5, 0.6) is 0 Å². The fourth-order valence-corrected chi connectivity index (χ4v) is 1.65. The van der Waals surface area contributed by atoms with Crippen LogP contribution in [0.1, 0.15) is 19.3 Å². The molecule has 3 nitrogen and oxygen atoms in total. The van der Waals surface area contributed by atoms with Crippen LogP contribution in [0.25, 0.3) is 0 Å². The molecule has 0 unspecified atom stereocenters. The van der Waals surface area contributed by atoms with Crippen molar-refractivity contribution < 1.29 is 4.79 Å². The molecule has 1 aliphatic heterocycles. The summed E-state index contributed by atoms with van der Waals surface area (Å²) in [4.78, 5) is 13.5. The summed E-state index contributed by atoms with van der Waals surface area (Å²) in [6, 6.07) is 0. The minimum Gasteiger partial charge on any atom is -0.343 e. The molecule has 1 rings (SSSR count). The third kappa shape index (κ3) is 3.90. The van der Waals surface area contributed by atoms with E-state index in [-0.39, 0.29) is 5.91 Å². The Morgan fingerprint density at radius 2 is 2.08 bits per heavy atom. The molecule has 0 aliphatic carbocycles. The second kappa shape index (κ2) is 6.14. The molecule has 0 bridgehead atoms. The molecule has 1 heterocycles. The van der Waals surface area contributed by atoms with E-state index in [1.807, 2.05) is 12.2 Å². The van der Waals surface area contributed by atoms with Gasteiger partial charge in [0.25, 0.3) is 0 Å². The summed E-state index contributed by atoms with van der Waals surface area (Å²) in [5.74, 6) is 0.245. The van der Waals surface area contributed by atoms with E-state index in [0.717, 1.165) is 25.9 Å². The van der Waals surface area contributed by atoms with Crippen LogP contribution in [0.15, 0.2) is 4.74 Å². The molecule has 0 aromatic heterocycles. The molecule has 0 saturated carbocycles. The Labute approximate surface area is 82.4 Å². The number of amides is 1. The summed E-state index contributed by atoms with van der Waals surface area (Å²) in [7, 11) is 4.90. The van der Waals surface area contributed by atoms with Gasteiger partial charge in [0.15, 0.2) is 7.28 Å². The molecule has 0 spiro atoms. The van der Waals surface area contributed by atoms with Crippen molar-refractivity contribution in [2.75, 3.05) is 19.5 Å². The van der Waals surface area contributed by atoms with Crippen molar-refractivity contribution in [3.05, 3.63) is 0 Å². The Balaban J connectivity index is 2.17. The van der Waals surface area contributed by atoms with Crippen molar-refractivity contribution in [2.24, 2.45) is 4.74 Å². The topological polar surface area (TPSA) is 32.7 Å². The lowest BCUT2D eigenvalue weighted by molar-refractivity contribution is -0.129. The summed E-state index contributed by atoms with van der Waals surface area (Å²) in [5, 5.41) is 0. The van der Waals surface area contributed by atoms with Gasteiger partial charge in [-0.25, -0.2) is 0 Å². The number of hydrogen-bond donors (Lipinski definition) is 0. The molecule has 5 heteroatoms. The first-order valence-electron chi connectivity index (χ1n) is 4.77. The zero-order valence-corrected chi connectivity index (χ0v) is 8.83. The lowest BCUT2D eigenvalue weighted by Gasteiger charge is -2.26. The Morgan fingerprint density at radius 1 is 1.38 bits per heavy atom. The number of rotatable bonds is 4. The van der Waals surface area contributed by atoms with E-state index in [9.17, 15) is 4.79 Å². The number of carbonyl (C=O) groups is 1. The van der Waals surface area contributed by atoms with Crippen molar-refractivity contribution in [3.63, 3.8) is 0 Å². The second-order valence-electron chi connectivity index (χ2n) is 3.27. The van der Waals surface area contributed by atoms with Gasteiger partial charge in [-0.2, -0.15) is 0 Å². The molecule has 1 fully saturated rings. The largest absolute Gasteiger partial charge is 0.343 e. The minimum absolute atomic E-state index is 0.245. The predicted octanol–water partition coefficient (Wildman–Crippen LogP) is 1.41. The van der Waals surface area contributed by atoms with Gasteiger partial charge in [-0.05, 0) is 34.6 Å². The Bertz CT molecular complexity index is 183. The third-order valence-corrected chi connectivity index (χ3v) is 2.43. The highest BCUT2D eigenvalue weighted by Crippen LogP contribution is 2.09. The van der Waals surface area contributed by atoms with E-state index in [2.05, 4.69) is 13.8 Å². The van der Waals surface area contributed by atoms with Gasteiger partial charge in [-0.3, -0.25) is 9.54 Å². The SMILES string of the molecule is O=C(C[B]CN=P)N1CCCCC1. The first kappa shape index (κ1) is 10.7. The Morgan fingerprint density at radius 3 is 2.69 bits per heavy atom. The van der Waals surface area contributed by atoms with Crippen LogP contribution < -0.4 is 0 Å². The summed E-state index contributed by atoms with van der Waals surface area (Å²) >= 11 is 0. The average molecular weight is 197 g/mol. The number of hydrogen-bond acceptors (Lipinski definition) is 2. The van der Waals surface area contributed by atoms with Crippen molar-refractivity contribution in [3.8, 4) is 0 Å². The zero-order chi connectivity index (χ0) is 9.52. The number of carbonyl (C=O) groups excluding carboxylic acids is 1. The number of likely N-dealkylation sites (tertiary alicyclic amines) is 1. The molecule has 1 radical (unpaired) electrons. The molecule has 1 amide bonds. The van der Waals surface area contributed by atoms with Crippen LogP contribution in [0, 0.1) is 0 Å². The maximum atomic E-state index is 11.5. The van der Waals surface area contributed by atoms with Crippen LogP contribution in [0.3, 0.4) is 0 Å². The van der Waals surface area contributed by atoms with Gasteiger partial charge < -0.3 is 4.90 Å². The van der Waals surface area contributed by atoms with E-state index in [1.54, 1.807) is 0 Å². The zero-order valence-electron chi connectivity index (χ0n) is 7.83. The highest BCUT2D eigenvalue weighted by molar-refractivity contribution is 7.04. The van der Waals surface area contributed by atoms with Crippen LogP contribution in [0.2, 0.25) is 6.32 Å². The van der Waals surface area contributed by atoms with Crippen molar-refractivity contribution in [1.82, 2.24) is 4.90 Å². The molecule has 71 valence electrons. The van der Waals surface area contributed by atoms with Crippen LogP contribution in [0.4, 0.5) is 0 Å². The Kier molecular flexibility index (Phi) is 5.06. The number of piperidine rings is 1. The number of nitrogens with zero attached hydrogens (tertiary/aromatic N) is 2. The van der Waals surface area contributed by atoms with Crippen LogP contribution >= 0.6 is 9.03 Å². The van der Waals surface area contributed by atoms with E-state index in [1.165, 1.54) is 6.42 Å². The molecular formula is C8H15BN2OP. The van der Waals surface area contributed by atoms with Gasteiger partial charge in [-0.1, -0.05) is 0 Å². The summed E-state index contributed by atoms with van der Waals surface area (Å²) < 4.78 is 3.73. The van der Waals surface area contributed by atoms with E-state index >= 15 is 0 Å². The lowest BCUT2D eigenvalue weighted by Crippen LogP contribution is -2.36. The molecule has 1 saturated heterocycles. The first-order chi connectivity index (χ1) is 6.34. The van der Waals surface area contributed by atoms with Crippen LogP contribution in [-0.4, -0.2) is 37.6 Å². The molecule has 0 atom stereocenters. The van der Waals surface area contributed by atoms with Gasteiger partial charge in [0.2, 0.25) is 5.91 Å². The standard InChI is InChI=1S/C8H15BN2OP/c12-8(6-9-7-10-13)11-4-2-1-3-5-11/h13H,1-7H2.